The first kappa shape index (κ1) is 19.2. The van der Waals surface area contributed by atoms with Crippen LogP contribution in [0.2, 0.25) is 0 Å². The van der Waals surface area contributed by atoms with Gasteiger partial charge >= 0.3 is 5.69 Å². The number of aliphatic hydroxyl groups excluding tert-OH is 1. The van der Waals surface area contributed by atoms with E-state index in [2.05, 4.69) is 20.7 Å². The Morgan fingerprint density at radius 1 is 1.28 bits per heavy atom. The molecule has 3 heterocycles. The highest BCUT2D eigenvalue weighted by molar-refractivity contribution is 5.73. The van der Waals surface area contributed by atoms with Crippen LogP contribution in [0.4, 0.5) is 11.6 Å². The van der Waals surface area contributed by atoms with Gasteiger partial charge in [-0.2, -0.15) is 4.98 Å². The van der Waals surface area contributed by atoms with Gasteiger partial charge in [-0.25, -0.2) is 14.5 Å². The first-order chi connectivity index (χ1) is 13.9. The third kappa shape index (κ3) is 3.39. The third-order valence-electron chi connectivity index (χ3n) is 5.65. The summed E-state index contributed by atoms with van der Waals surface area (Å²) in [6.45, 7) is 1.91. The number of aryl methyl sites for hydroxylation is 2. The van der Waals surface area contributed by atoms with E-state index in [1.54, 1.807) is 46.4 Å². The van der Waals surface area contributed by atoms with Crippen LogP contribution in [0.3, 0.4) is 0 Å². The van der Waals surface area contributed by atoms with Crippen molar-refractivity contribution < 1.29 is 5.11 Å². The molecule has 1 aliphatic carbocycles. The monoisotopic (exact) mass is 398 g/mol. The summed E-state index contributed by atoms with van der Waals surface area (Å²) in [5.41, 5.74) is 6.06. The highest BCUT2D eigenvalue weighted by Crippen LogP contribution is 2.30. The molecule has 3 aromatic heterocycles. The summed E-state index contributed by atoms with van der Waals surface area (Å²) >= 11 is 0. The summed E-state index contributed by atoms with van der Waals surface area (Å²) in [5.74, 6) is 0.385. The molecule has 4 N–H and O–H groups in total. The number of hydrogen-bond acceptors (Lipinski definition) is 7. The van der Waals surface area contributed by atoms with Crippen molar-refractivity contribution in [3.05, 3.63) is 40.0 Å². The van der Waals surface area contributed by atoms with Gasteiger partial charge in [0, 0.05) is 20.1 Å². The van der Waals surface area contributed by atoms with Gasteiger partial charge in [0.05, 0.1) is 24.2 Å². The van der Waals surface area contributed by atoms with E-state index < -0.39 is 0 Å². The van der Waals surface area contributed by atoms with E-state index in [9.17, 15) is 9.90 Å². The molecular weight excluding hydrogens is 372 g/mol. The molecule has 4 rings (SSSR count). The molecule has 1 fully saturated rings. The minimum atomic E-state index is -0.286. The van der Waals surface area contributed by atoms with Crippen LogP contribution in [-0.4, -0.2) is 42.0 Å². The van der Waals surface area contributed by atoms with E-state index in [1.807, 2.05) is 6.92 Å². The first-order valence-electron chi connectivity index (χ1n) is 9.73. The summed E-state index contributed by atoms with van der Waals surface area (Å²) in [6.07, 6.45) is 6.01. The van der Waals surface area contributed by atoms with Crippen LogP contribution < -0.4 is 21.9 Å². The van der Waals surface area contributed by atoms with Crippen LogP contribution in [0.5, 0.6) is 0 Å². The average molecular weight is 398 g/mol. The predicted octanol–water partition coefficient (Wildman–Crippen LogP) is 1.11. The lowest BCUT2D eigenvalue weighted by molar-refractivity contribution is 0.110. The number of nitrogens with one attached hydrogen (secondary N) is 3. The van der Waals surface area contributed by atoms with Crippen molar-refractivity contribution in [2.45, 2.75) is 44.8 Å². The van der Waals surface area contributed by atoms with Crippen LogP contribution in [0.15, 0.2) is 23.3 Å². The number of fused-ring (bicyclic) bond motifs is 1. The molecule has 1 saturated carbocycles. The Morgan fingerprint density at radius 3 is 2.69 bits per heavy atom. The molecular formula is C19H26N8O2. The number of pyridine rings is 1. The summed E-state index contributed by atoms with van der Waals surface area (Å²) in [6, 6.07) is 1.76. The van der Waals surface area contributed by atoms with Crippen LogP contribution in [0.25, 0.3) is 11.2 Å². The van der Waals surface area contributed by atoms with Crippen molar-refractivity contribution in [2.75, 3.05) is 17.8 Å². The highest BCUT2D eigenvalue weighted by Gasteiger charge is 2.26. The van der Waals surface area contributed by atoms with Crippen molar-refractivity contribution in [2.24, 2.45) is 7.05 Å². The highest BCUT2D eigenvalue weighted by atomic mass is 16.3. The molecule has 154 valence electrons. The molecule has 0 spiro atoms. The molecule has 10 nitrogen and oxygen atoms in total. The fourth-order valence-corrected chi connectivity index (χ4v) is 3.93. The minimum absolute atomic E-state index is 0.0214. The Labute approximate surface area is 167 Å². The maximum absolute atomic E-state index is 12.9. The first-order valence-corrected chi connectivity index (χ1v) is 9.73. The summed E-state index contributed by atoms with van der Waals surface area (Å²) in [7, 11) is 3.46. The molecule has 29 heavy (non-hydrogen) atoms. The Balaban J connectivity index is 1.75. The zero-order valence-corrected chi connectivity index (χ0v) is 16.8. The molecule has 1 aliphatic rings. The summed E-state index contributed by atoms with van der Waals surface area (Å²) in [5, 5.41) is 21.0. The van der Waals surface area contributed by atoms with E-state index in [4.69, 9.17) is 5.41 Å². The number of anilines is 2. The molecule has 0 saturated heterocycles. The maximum Gasteiger partial charge on any atom is 0.330 e. The molecule has 0 bridgehead atoms. The number of imidazole rings is 1. The largest absolute Gasteiger partial charge is 0.393 e. The smallest absolute Gasteiger partial charge is 0.330 e. The average Bonchev–Trinajstić information content (AvgIpc) is 2.95. The van der Waals surface area contributed by atoms with Crippen molar-refractivity contribution in [1.29, 1.82) is 5.41 Å². The van der Waals surface area contributed by atoms with Crippen molar-refractivity contribution in [1.82, 2.24) is 23.8 Å². The maximum atomic E-state index is 12.9. The van der Waals surface area contributed by atoms with Gasteiger partial charge in [0.15, 0.2) is 5.65 Å². The molecule has 3 aromatic rings. The zero-order chi connectivity index (χ0) is 20.7. The van der Waals surface area contributed by atoms with Crippen LogP contribution in [-0.2, 0) is 7.05 Å². The fraction of sp³-hybridized carbons (Fsp3) is 0.474. The van der Waals surface area contributed by atoms with E-state index in [0.29, 0.717) is 35.4 Å². The number of hydrogen-bond donors (Lipinski definition) is 4. The minimum Gasteiger partial charge on any atom is -0.393 e. The van der Waals surface area contributed by atoms with E-state index in [1.165, 1.54) is 0 Å². The second kappa shape index (κ2) is 7.36. The topological polar surface area (TPSA) is 126 Å². The second-order valence-corrected chi connectivity index (χ2v) is 7.55. The van der Waals surface area contributed by atoms with Gasteiger partial charge in [-0.05, 0) is 44.2 Å². The molecule has 0 radical (unpaired) electrons. The normalized spacial score (nSPS) is 19.4. The Hall–Kier alpha value is -3.14. The molecule has 0 unspecified atom stereocenters. The molecule has 10 heteroatoms. The number of rotatable bonds is 4. The Bertz CT molecular complexity index is 1170. The summed E-state index contributed by atoms with van der Waals surface area (Å²) in [4.78, 5) is 21.9. The van der Waals surface area contributed by atoms with Gasteiger partial charge in [0.25, 0.3) is 0 Å². The third-order valence-corrected chi connectivity index (χ3v) is 5.65. The van der Waals surface area contributed by atoms with Gasteiger partial charge in [0.2, 0.25) is 5.95 Å². The Morgan fingerprint density at radius 2 is 2.00 bits per heavy atom. The standard InChI is InChI=1S/C19H26N8O2/c1-11-8-16(20)26(21-2)10-14(11)23-18-22-9-15-17(24-18)27(19(29)25(15)3)12-4-6-13(28)7-5-12/h8-10,12-13,20-21,28H,4-7H2,1-3H3,(H,22,23,24). The lowest BCUT2D eigenvalue weighted by Gasteiger charge is -2.26. The lowest BCUT2D eigenvalue weighted by atomic mass is 9.93. The van der Waals surface area contributed by atoms with E-state index >= 15 is 0 Å². The predicted molar refractivity (Wildman–Crippen MR) is 110 cm³/mol. The van der Waals surface area contributed by atoms with Crippen molar-refractivity contribution in [3.8, 4) is 0 Å². The van der Waals surface area contributed by atoms with E-state index in [-0.39, 0.29) is 17.8 Å². The second-order valence-electron chi connectivity index (χ2n) is 7.55. The lowest BCUT2D eigenvalue weighted by Crippen LogP contribution is -2.30. The fourth-order valence-electron chi connectivity index (χ4n) is 3.93. The molecule has 0 atom stereocenters. The molecule has 0 aliphatic heterocycles. The van der Waals surface area contributed by atoms with Crippen LogP contribution in [0, 0.1) is 12.3 Å². The van der Waals surface area contributed by atoms with Gasteiger partial charge in [-0.15, -0.1) is 0 Å². The SMILES string of the molecule is CNn1cc(Nc2ncc3c(n2)n(C2CCC(O)CC2)c(=O)n3C)c(C)cc1=N. The van der Waals surface area contributed by atoms with Crippen LogP contribution >= 0.6 is 0 Å². The quantitative estimate of drug-likeness (QED) is 0.522. The van der Waals surface area contributed by atoms with Gasteiger partial charge in [0.1, 0.15) is 11.0 Å². The number of nitrogens with zero attached hydrogens (tertiary/aromatic N) is 5. The number of aromatic nitrogens is 5. The Kier molecular flexibility index (Phi) is 4.87. The summed E-state index contributed by atoms with van der Waals surface area (Å²) < 4.78 is 4.89. The van der Waals surface area contributed by atoms with Gasteiger partial charge in [-0.1, -0.05) is 0 Å². The van der Waals surface area contributed by atoms with Crippen molar-refractivity contribution in [3.63, 3.8) is 0 Å². The molecule has 0 aromatic carbocycles. The molecule has 0 amide bonds. The van der Waals surface area contributed by atoms with E-state index in [0.717, 1.165) is 24.1 Å². The zero-order valence-electron chi connectivity index (χ0n) is 16.8. The van der Waals surface area contributed by atoms with Crippen molar-refractivity contribution >= 4 is 22.8 Å². The number of aliphatic hydroxyl groups is 1. The van der Waals surface area contributed by atoms with Gasteiger partial charge < -0.3 is 15.8 Å². The van der Waals surface area contributed by atoms with Gasteiger partial charge in [-0.3, -0.25) is 14.5 Å². The van der Waals surface area contributed by atoms with Crippen LogP contribution in [0.1, 0.15) is 37.3 Å².